The maximum absolute atomic E-state index is 12.5. The number of nitrogens with zero attached hydrogens (tertiary/aromatic N) is 1. The lowest BCUT2D eigenvalue weighted by atomic mass is 9.85. The fourth-order valence-corrected chi connectivity index (χ4v) is 3.15. The van der Waals surface area contributed by atoms with Crippen molar-refractivity contribution in [1.29, 1.82) is 0 Å². The first-order chi connectivity index (χ1) is 10.0. The summed E-state index contributed by atoms with van der Waals surface area (Å²) < 4.78 is 5.26. The number of carbonyl (C=O) groups excluding carboxylic acids is 1. The molecule has 1 amide bonds. The third-order valence-corrected chi connectivity index (χ3v) is 4.32. The zero-order valence-electron chi connectivity index (χ0n) is 13.3. The van der Waals surface area contributed by atoms with Crippen molar-refractivity contribution in [1.82, 2.24) is 4.90 Å². The van der Waals surface area contributed by atoms with Gasteiger partial charge in [0.1, 0.15) is 5.75 Å². The largest absolute Gasteiger partial charge is 0.496 e. The number of rotatable bonds is 4. The summed E-state index contributed by atoms with van der Waals surface area (Å²) in [6, 6.07) is 6.24. The first kappa shape index (κ1) is 15.8. The Hall–Kier alpha value is -1.55. The second-order valence-corrected chi connectivity index (χ2v) is 6.12. The van der Waals surface area contributed by atoms with Crippen LogP contribution < -0.4 is 10.5 Å². The van der Waals surface area contributed by atoms with Gasteiger partial charge >= 0.3 is 0 Å². The summed E-state index contributed by atoms with van der Waals surface area (Å²) in [5.74, 6) is 1.20. The minimum absolute atomic E-state index is 0.0955. The Bertz CT molecular complexity index is 502. The molecule has 4 heteroatoms. The van der Waals surface area contributed by atoms with E-state index in [4.69, 9.17) is 10.5 Å². The van der Waals surface area contributed by atoms with Gasteiger partial charge in [-0.15, -0.1) is 0 Å². The predicted octanol–water partition coefficient (Wildman–Crippen LogP) is 2.48. The van der Waals surface area contributed by atoms with Gasteiger partial charge in [0.2, 0.25) is 5.91 Å². The van der Waals surface area contributed by atoms with Crippen LogP contribution in [0, 0.1) is 12.8 Å². The fourth-order valence-electron chi connectivity index (χ4n) is 3.15. The molecule has 2 N–H and O–H groups in total. The molecule has 0 radical (unpaired) electrons. The maximum atomic E-state index is 12.5. The molecule has 0 aromatic heterocycles. The van der Waals surface area contributed by atoms with Crippen molar-refractivity contribution < 1.29 is 9.53 Å². The summed E-state index contributed by atoms with van der Waals surface area (Å²) in [5, 5.41) is 0. The van der Waals surface area contributed by atoms with Gasteiger partial charge in [0.05, 0.1) is 7.11 Å². The average molecular weight is 290 g/mol. The van der Waals surface area contributed by atoms with Gasteiger partial charge in [-0.2, -0.15) is 0 Å². The lowest BCUT2D eigenvalue weighted by Gasteiger charge is -2.29. The van der Waals surface area contributed by atoms with Crippen molar-refractivity contribution >= 4 is 5.91 Å². The van der Waals surface area contributed by atoms with Crippen molar-refractivity contribution in [3.63, 3.8) is 0 Å². The van der Waals surface area contributed by atoms with E-state index >= 15 is 0 Å². The Balaban J connectivity index is 1.98. The van der Waals surface area contributed by atoms with Gasteiger partial charge in [-0.25, -0.2) is 0 Å². The van der Waals surface area contributed by atoms with Crippen LogP contribution in [0.3, 0.4) is 0 Å². The van der Waals surface area contributed by atoms with Crippen LogP contribution in [0.4, 0.5) is 0 Å². The minimum atomic E-state index is 0.0955. The van der Waals surface area contributed by atoms with Crippen LogP contribution in [0.2, 0.25) is 0 Å². The SMILES string of the molecule is COc1ccc(CN(C)C(=O)[C@H]2CCC[C@H](N)C2)cc1C. The summed E-state index contributed by atoms with van der Waals surface area (Å²) >= 11 is 0. The third-order valence-electron chi connectivity index (χ3n) is 4.32. The second-order valence-electron chi connectivity index (χ2n) is 6.12. The van der Waals surface area contributed by atoms with E-state index in [1.165, 1.54) is 0 Å². The Kier molecular flexibility index (Phi) is 5.23. The Morgan fingerprint density at radius 1 is 1.43 bits per heavy atom. The molecule has 1 fully saturated rings. The van der Waals surface area contributed by atoms with Crippen LogP contribution in [0.15, 0.2) is 18.2 Å². The molecule has 1 aliphatic carbocycles. The molecule has 0 saturated heterocycles. The molecular formula is C17H26N2O2. The minimum Gasteiger partial charge on any atom is -0.496 e. The summed E-state index contributed by atoms with van der Waals surface area (Å²) in [6.07, 6.45) is 3.90. The highest BCUT2D eigenvalue weighted by molar-refractivity contribution is 5.78. The molecule has 0 spiro atoms. The topological polar surface area (TPSA) is 55.6 Å². The van der Waals surface area contributed by atoms with Crippen LogP contribution >= 0.6 is 0 Å². The van der Waals surface area contributed by atoms with E-state index in [9.17, 15) is 4.79 Å². The standard InChI is InChI=1S/C17H26N2O2/c1-12-9-13(7-8-16(12)21-3)11-19(2)17(20)14-5-4-6-15(18)10-14/h7-9,14-15H,4-6,10-11,18H2,1-3H3/t14-,15-/m0/s1. The lowest BCUT2D eigenvalue weighted by molar-refractivity contribution is -0.135. The van der Waals surface area contributed by atoms with Gasteiger partial charge in [-0.3, -0.25) is 4.79 Å². The number of nitrogens with two attached hydrogens (primary N) is 1. The van der Waals surface area contributed by atoms with Gasteiger partial charge in [-0.1, -0.05) is 18.6 Å². The zero-order chi connectivity index (χ0) is 15.4. The van der Waals surface area contributed by atoms with Crippen molar-refractivity contribution in [2.24, 2.45) is 11.7 Å². The number of hydrogen-bond donors (Lipinski definition) is 1. The summed E-state index contributed by atoms with van der Waals surface area (Å²) in [5.41, 5.74) is 8.20. The van der Waals surface area contributed by atoms with Crippen LogP contribution in [-0.4, -0.2) is 31.0 Å². The molecular weight excluding hydrogens is 264 g/mol. The van der Waals surface area contributed by atoms with E-state index in [0.717, 1.165) is 42.6 Å². The average Bonchev–Trinajstić information content (AvgIpc) is 2.46. The quantitative estimate of drug-likeness (QED) is 0.927. The van der Waals surface area contributed by atoms with Gasteiger partial charge in [0, 0.05) is 25.6 Å². The molecule has 2 rings (SSSR count). The van der Waals surface area contributed by atoms with Crippen LogP contribution in [0.25, 0.3) is 0 Å². The van der Waals surface area contributed by atoms with Gasteiger partial charge < -0.3 is 15.4 Å². The molecule has 1 aliphatic rings. The number of amides is 1. The third kappa shape index (κ3) is 3.97. The highest BCUT2D eigenvalue weighted by atomic mass is 16.5. The smallest absolute Gasteiger partial charge is 0.225 e. The molecule has 0 heterocycles. The molecule has 21 heavy (non-hydrogen) atoms. The number of hydrogen-bond acceptors (Lipinski definition) is 3. The molecule has 1 saturated carbocycles. The predicted molar refractivity (Wildman–Crippen MR) is 84.1 cm³/mol. The molecule has 4 nitrogen and oxygen atoms in total. The molecule has 0 unspecified atom stereocenters. The van der Waals surface area contributed by atoms with E-state index in [1.54, 1.807) is 7.11 Å². The second kappa shape index (κ2) is 6.94. The van der Waals surface area contributed by atoms with Crippen LogP contribution in [0.5, 0.6) is 5.75 Å². The van der Waals surface area contributed by atoms with Crippen molar-refractivity contribution in [2.75, 3.05) is 14.2 Å². The Morgan fingerprint density at radius 2 is 2.19 bits per heavy atom. The summed E-state index contributed by atoms with van der Waals surface area (Å²) in [4.78, 5) is 14.3. The van der Waals surface area contributed by atoms with E-state index in [2.05, 4.69) is 6.07 Å². The molecule has 1 aromatic rings. The Morgan fingerprint density at radius 3 is 2.81 bits per heavy atom. The van der Waals surface area contributed by atoms with Crippen molar-refractivity contribution in [3.05, 3.63) is 29.3 Å². The first-order valence-electron chi connectivity index (χ1n) is 7.65. The van der Waals surface area contributed by atoms with E-state index in [-0.39, 0.29) is 17.9 Å². The fraction of sp³-hybridized carbons (Fsp3) is 0.588. The Labute approximate surface area is 127 Å². The summed E-state index contributed by atoms with van der Waals surface area (Å²) in [7, 11) is 3.55. The number of methoxy groups -OCH3 is 1. The summed E-state index contributed by atoms with van der Waals surface area (Å²) in [6.45, 7) is 2.65. The van der Waals surface area contributed by atoms with E-state index < -0.39 is 0 Å². The van der Waals surface area contributed by atoms with Gasteiger partial charge in [-0.05, 0) is 43.4 Å². The maximum Gasteiger partial charge on any atom is 0.225 e. The van der Waals surface area contributed by atoms with Crippen molar-refractivity contribution in [2.45, 2.75) is 45.2 Å². The highest BCUT2D eigenvalue weighted by Crippen LogP contribution is 2.25. The molecule has 2 atom stereocenters. The number of benzene rings is 1. The molecule has 1 aromatic carbocycles. The highest BCUT2D eigenvalue weighted by Gasteiger charge is 2.27. The zero-order valence-corrected chi connectivity index (χ0v) is 13.3. The van der Waals surface area contributed by atoms with Gasteiger partial charge in [0.25, 0.3) is 0 Å². The van der Waals surface area contributed by atoms with E-state index in [1.807, 2.05) is 31.0 Å². The number of aryl methyl sites for hydroxylation is 1. The molecule has 0 bridgehead atoms. The van der Waals surface area contributed by atoms with Crippen LogP contribution in [-0.2, 0) is 11.3 Å². The van der Waals surface area contributed by atoms with Gasteiger partial charge in [0.15, 0.2) is 0 Å². The normalized spacial score (nSPS) is 21.9. The molecule has 116 valence electrons. The van der Waals surface area contributed by atoms with Crippen molar-refractivity contribution in [3.8, 4) is 5.75 Å². The lowest BCUT2D eigenvalue weighted by Crippen LogP contribution is -2.38. The first-order valence-corrected chi connectivity index (χ1v) is 7.65. The number of carbonyl (C=O) groups is 1. The molecule has 0 aliphatic heterocycles. The van der Waals surface area contributed by atoms with E-state index in [0.29, 0.717) is 6.54 Å². The monoisotopic (exact) mass is 290 g/mol. The van der Waals surface area contributed by atoms with Crippen LogP contribution in [0.1, 0.15) is 36.8 Å². The number of ether oxygens (including phenoxy) is 1.